The van der Waals surface area contributed by atoms with E-state index in [1.54, 1.807) is 0 Å². The van der Waals surface area contributed by atoms with Gasteiger partial charge in [-0.05, 0) is 56.6 Å². The van der Waals surface area contributed by atoms with E-state index in [9.17, 15) is 4.79 Å². The normalized spacial score (nSPS) is 17.3. The van der Waals surface area contributed by atoms with Crippen LogP contribution in [0.3, 0.4) is 0 Å². The molecule has 4 heteroatoms. The quantitative estimate of drug-likeness (QED) is 0.803. The highest BCUT2D eigenvalue weighted by atomic mass is 16.1. The molecule has 104 valence electrons. The van der Waals surface area contributed by atoms with Gasteiger partial charge in [0, 0.05) is 12.2 Å². The van der Waals surface area contributed by atoms with E-state index in [2.05, 4.69) is 17.3 Å². The molecule has 1 aliphatic rings. The van der Waals surface area contributed by atoms with Crippen LogP contribution in [0.5, 0.6) is 0 Å². The second-order valence-corrected chi connectivity index (χ2v) is 5.47. The molecule has 0 saturated carbocycles. The Labute approximate surface area is 115 Å². The summed E-state index contributed by atoms with van der Waals surface area (Å²) in [5.74, 6) is 0.713. The third-order valence-corrected chi connectivity index (χ3v) is 3.74. The lowest BCUT2D eigenvalue weighted by atomic mass is 9.97. The Balaban J connectivity index is 1.73. The van der Waals surface area contributed by atoms with Crippen LogP contribution in [0.1, 0.15) is 18.4 Å². The topological polar surface area (TPSA) is 58.4 Å². The molecule has 1 amide bonds. The van der Waals surface area contributed by atoms with E-state index in [0.29, 0.717) is 18.0 Å². The first-order chi connectivity index (χ1) is 9.13. The number of carbonyl (C=O) groups excluding carboxylic acids is 1. The van der Waals surface area contributed by atoms with Gasteiger partial charge in [-0.2, -0.15) is 0 Å². The van der Waals surface area contributed by atoms with Gasteiger partial charge in [0.25, 0.3) is 0 Å². The number of piperidine rings is 1. The van der Waals surface area contributed by atoms with Gasteiger partial charge in [-0.3, -0.25) is 4.79 Å². The summed E-state index contributed by atoms with van der Waals surface area (Å²) < 4.78 is 0. The Hall–Kier alpha value is -1.55. The van der Waals surface area contributed by atoms with Gasteiger partial charge in [0.15, 0.2) is 0 Å². The first kappa shape index (κ1) is 13.9. The van der Waals surface area contributed by atoms with Crippen molar-refractivity contribution in [3.63, 3.8) is 0 Å². The summed E-state index contributed by atoms with van der Waals surface area (Å²) in [4.78, 5) is 14.2. The van der Waals surface area contributed by atoms with Crippen molar-refractivity contribution in [1.82, 2.24) is 10.2 Å². The fraction of sp³-hybridized carbons (Fsp3) is 0.533. The lowest BCUT2D eigenvalue weighted by molar-refractivity contribution is -0.120. The zero-order valence-corrected chi connectivity index (χ0v) is 11.6. The maximum Gasteiger partial charge on any atom is 0.224 e. The van der Waals surface area contributed by atoms with Crippen molar-refractivity contribution in [3.8, 4) is 0 Å². The Kier molecular flexibility index (Phi) is 4.80. The second-order valence-electron chi connectivity index (χ2n) is 5.47. The third-order valence-electron chi connectivity index (χ3n) is 3.74. The number of benzene rings is 1. The summed E-state index contributed by atoms with van der Waals surface area (Å²) in [6.07, 6.45) is 2.77. The molecule has 0 atom stereocenters. The van der Waals surface area contributed by atoms with Crippen molar-refractivity contribution < 1.29 is 4.79 Å². The molecule has 0 spiro atoms. The summed E-state index contributed by atoms with van der Waals surface area (Å²) in [7, 11) is 2.15. The number of hydrogen-bond donors (Lipinski definition) is 2. The van der Waals surface area contributed by atoms with Gasteiger partial charge in [-0.15, -0.1) is 0 Å². The largest absolute Gasteiger partial charge is 0.399 e. The number of nitrogen functional groups attached to an aromatic ring is 1. The Morgan fingerprint density at radius 3 is 2.84 bits per heavy atom. The van der Waals surface area contributed by atoms with Gasteiger partial charge in [0.05, 0.1) is 6.42 Å². The second kappa shape index (κ2) is 6.57. The Morgan fingerprint density at radius 1 is 1.42 bits per heavy atom. The van der Waals surface area contributed by atoms with Crippen LogP contribution < -0.4 is 11.1 Å². The van der Waals surface area contributed by atoms with E-state index in [-0.39, 0.29) is 5.91 Å². The van der Waals surface area contributed by atoms with Crippen LogP contribution in [0.4, 0.5) is 5.69 Å². The zero-order chi connectivity index (χ0) is 13.7. The van der Waals surface area contributed by atoms with Gasteiger partial charge in [0.1, 0.15) is 0 Å². The maximum atomic E-state index is 11.9. The zero-order valence-electron chi connectivity index (χ0n) is 11.6. The monoisotopic (exact) mass is 261 g/mol. The molecule has 4 nitrogen and oxygen atoms in total. The smallest absolute Gasteiger partial charge is 0.224 e. The highest BCUT2D eigenvalue weighted by molar-refractivity contribution is 5.78. The lowest BCUT2D eigenvalue weighted by Crippen LogP contribution is -2.37. The minimum Gasteiger partial charge on any atom is -0.399 e. The first-order valence-corrected chi connectivity index (χ1v) is 6.93. The molecule has 1 fully saturated rings. The lowest BCUT2D eigenvalue weighted by Gasteiger charge is -2.28. The van der Waals surface area contributed by atoms with Crippen LogP contribution in [-0.2, 0) is 11.2 Å². The molecule has 0 aliphatic carbocycles. The van der Waals surface area contributed by atoms with Crippen LogP contribution in [0.2, 0.25) is 0 Å². The van der Waals surface area contributed by atoms with Gasteiger partial charge in [-0.1, -0.05) is 12.1 Å². The number of nitrogens with one attached hydrogen (secondary N) is 1. The minimum atomic E-state index is 0.0875. The predicted molar refractivity (Wildman–Crippen MR) is 77.8 cm³/mol. The van der Waals surface area contributed by atoms with E-state index < -0.39 is 0 Å². The SMILES string of the molecule is CN1CCC(CNC(=O)Cc2cccc(N)c2)CC1. The first-order valence-electron chi connectivity index (χ1n) is 6.93. The van der Waals surface area contributed by atoms with Crippen molar-refractivity contribution in [3.05, 3.63) is 29.8 Å². The van der Waals surface area contributed by atoms with Crippen LogP contribution in [0.25, 0.3) is 0 Å². The van der Waals surface area contributed by atoms with E-state index in [1.165, 1.54) is 12.8 Å². The molecule has 19 heavy (non-hydrogen) atoms. The van der Waals surface area contributed by atoms with Crippen LogP contribution in [-0.4, -0.2) is 37.5 Å². The minimum absolute atomic E-state index is 0.0875. The number of nitrogens with two attached hydrogens (primary N) is 1. The van der Waals surface area contributed by atoms with Crippen LogP contribution >= 0.6 is 0 Å². The molecular formula is C15H23N3O. The predicted octanol–water partition coefficient (Wildman–Crippen LogP) is 1.27. The van der Waals surface area contributed by atoms with Gasteiger partial charge >= 0.3 is 0 Å². The number of hydrogen-bond acceptors (Lipinski definition) is 3. The fourth-order valence-electron chi connectivity index (χ4n) is 2.48. The Morgan fingerprint density at radius 2 is 2.16 bits per heavy atom. The molecule has 0 radical (unpaired) electrons. The summed E-state index contributed by atoms with van der Waals surface area (Å²) in [5, 5.41) is 3.04. The highest BCUT2D eigenvalue weighted by Gasteiger charge is 2.17. The molecule has 2 rings (SSSR count). The van der Waals surface area contributed by atoms with Crippen molar-refractivity contribution in [1.29, 1.82) is 0 Å². The number of likely N-dealkylation sites (tertiary alicyclic amines) is 1. The van der Waals surface area contributed by atoms with Gasteiger partial charge < -0.3 is 16.0 Å². The summed E-state index contributed by atoms with van der Waals surface area (Å²) >= 11 is 0. The molecule has 1 aliphatic heterocycles. The fourth-order valence-corrected chi connectivity index (χ4v) is 2.48. The van der Waals surface area contributed by atoms with Crippen molar-refractivity contribution in [2.24, 2.45) is 5.92 Å². The van der Waals surface area contributed by atoms with E-state index >= 15 is 0 Å². The highest BCUT2D eigenvalue weighted by Crippen LogP contribution is 2.14. The van der Waals surface area contributed by atoms with E-state index in [0.717, 1.165) is 25.2 Å². The molecule has 0 aromatic heterocycles. The third kappa shape index (κ3) is 4.56. The maximum absolute atomic E-state index is 11.9. The van der Waals surface area contributed by atoms with Gasteiger partial charge in [-0.25, -0.2) is 0 Å². The van der Waals surface area contributed by atoms with Crippen molar-refractivity contribution >= 4 is 11.6 Å². The van der Waals surface area contributed by atoms with E-state index in [1.807, 2.05) is 24.3 Å². The number of rotatable bonds is 4. The van der Waals surface area contributed by atoms with Crippen LogP contribution in [0.15, 0.2) is 24.3 Å². The average molecular weight is 261 g/mol. The van der Waals surface area contributed by atoms with Gasteiger partial charge in [0.2, 0.25) is 5.91 Å². The molecule has 1 saturated heterocycles. The Bertz CT molecular complexity index is 425. The number of carbonyl (C=O) groups is 1. The molecule has 1 heterocycles. The number of amides is 1. The molecular weight excluding hydrogens is 238 g/mol. The summed E-state index contributed by atoms with van der Waals surface area (Å²) in [5.41, 5.74) is 7.38. The standard InChI is InChI=1S/C15H23N3O/c1-18-7-5-12(6-8-18)11-17-15(19)10-13-3-2-4-14(16)9-13/h2-4,9,12H,5-8,10-11,16H2,1H3,(H,17,19). The van der Waals surface area contributed by atoms with Crippen molar-refractivity contribution in [2.75, 3.05) is 32.4 Å². The summed E-state index contributed by atoms with van der Waals surface area (Å²) in [6, 6.07) is 7.51. The summed E-state index contributed by atoms with van der Waals surface area (Å²) in [6.45, 7) is 3.07. The number of nitrogens with zero attached hydrogens (tertiary/aromatic N) is 1. The average Bonchev–Trinajstić information content (AvgIpc) is 2.38. The molecule has 3 N–H and O–H groups in total. The molecule has 1 aromatic rings. The van der Waals surface area contributed by atoms with Crippen LogP contribution in [0, 0.1) is 5.92 Å². The number of anilines is 1. The van der Waals surface area contributed by atoms with E-state index in [4.69, 9.17) is 5.73 Å². The molecule has 0 unspecified atom stereocenters. The van der Waals surface area contributed by atoms with Crippen molar-refractivity contribution in [2.45, 2.75) is 19.3 Å². The molecule has 0 bridgehead atoms. The molecule has 1 aromatic carbocycles.